The smallest absolute Gasteiger partial charge is 0.270 e. The van der Waals surface area contributed by atoms with E-state index < -0.39 is 6.10 Å². The molecular weight excluding hydrogens is 256 g/mol. The Bertz CT molecular complexity index is 503. The van der Waals surface area contributed by atoms with E-state index in [1.807, 2.05) is 13.8 Å². The molecule has 0 aromatic carbocycles. The Balaban J connectivity index is 3.04. The number of aliphatic hydroxyl groups is 1. The molecule has 1 rings (SSSR count). The molecule has 2 N–H and O–H groups in total. The van der Waals surface area contributed by atoms with E-state index in [0.29, 0.717) is 30.6 Å². The fraction of sp³-hybridized carbons (Fsp3) is 0.600. The topological polar surface area (TPSA) is 73.4 Å². The van der Waals surface area contributed by atoms with E-state index in [1.165, 1.54) is 6.92 Å². The molecule has 0 spiro atoms. The number of nitrogens with one attached hydrogen (secondary N) is 1. The summed E-state index contributed by atoms with van der Waals surface area (Å²) in [4.78, 5) is 28.7. The van der Waals surface area contributed by atoms with Gasteiger partial charge in [0.05, 0.1) is 6.10 Å². The van der Waals surface area contributed by atoms with Gasteiger partial charge in [-0.25, -0.2) is 0 Å². The Morgan fingerprint density at radius 3 is 2.45 bits per heavy atom. The zero-order valence-electron chi connectivity index (χ0n) is 12.9. The minimum atomic E-state index is -0.436. The molecule has 0 radical (unpaired) electrons. The molecule has 1 amide bonds. The second-order valence-electron chi connectivity index (χ2n) is 5.25. The average Bonchev–Trinajstić information content (AvgIpc) is 2.71. The number of H-pyrrole nitrogens is 1. The molecule has 112 valence electrons. The lowest BCUT2D eigenvalue weighted by Gasteiger charge is -2.18. The molecule has 0 aliphatic carbocycles. The van der Waals surface area contributed by atoms with Gasteiger partial charge in [0, 0.05) is 24.8 Å². The molecule has 1 aromatic rings. The number of carbonyl (C=O) groups excluding carboxylic acids is 2. The predicted molar refractivity (Wildman–Crippen MR) is 78.2 cm³/mol. The summed E-state index contributed by atoms with van der Waals surface area (Å²) in [5.74, 6) is -0.167. The number of rotatable bonds is 6. The van der Waals surface area contributed by atoms with Gasteiger partial charge >= 0.3 is 0 Å². The third-order valence-corrected chi connectivity index (χ3v) is 3.44. The molecule has 0 saturated heterocycles. The van der Waals surface area contributed by atoms with Crippen molar-refractivity contribution in [1.29, 1.82) is 0 Å². The maximum Gasteiger partial charge on any atom is 0.270 e. The summed E-state index contributed by atoms with van der Waals surface area (Å²) in [7, 11) is 1.70. The lowest BCUT2D eigenvalue weighted by molar-refractivity contribution is 0.0762. The first-order chi connectivity index (χ1) is 9.29. The minimum absolute atomic E-state index is 0.0266. The Labute approximate surface area is 120 Å². The van der Waals surface area contributed by atoms with E-state index in [2.05, 4.69) is 4.98 Å². The largest absolute Gasteiger partial charge is 0.393 e. The van der Waals surface area contributed by atoms with Crippen molar-refractivity contribution < 1.29 is 14.7 Å². The van der Waals surface area contributed by atoms with E-state index in [-0.39, 0.29) is 11.7 Å². The van der Waals surface area contributed by atoms with Crippen LogP contribution in [0.3, 0.4) is 0 Å². The molecule has 1 atom stereocenters. The highest BCUT2D eigenvalue weighted by atomic mass is 16.3. The number of ketones is 1. The highest BCUT2D eigenvalue weighted by molar-refractivity contribution is 6.02. The molecule has 1 aromatic heterocycles. The van der Waals surface area contributed by atoms with Crippen LogP contribution in [-0.4, -0.2) is 46.4 Å². The van der Waals surface area contributed by atoms with Crippen LogP contribution >= 0.6 is 0 Å². The number of aromatic amines is 1. The van der Waals surface area contributed by atoms with Gasteiger partial charge in [-0.3, -0.25) is 9.59 Å². The number of carbonyl (C=O) groups is 2. The standard InChI is InChI=1S/C15H24N2O3/c1-6-12-13(11(4)19)10(3)16-14(12)15(20)17(5)8-7-9(2)18/h9,16,18H,6-8H2,1-5H3. The van der Waals surface area contributed by atoms with Crippen LogP contribution in [0.15, 0.2) is 0 Å². The van der Waals surface area contributed by atoms with Gasteiger partial charge < -0.3 is 15.0 Å². The maximum absolute atomic E-state index is 12.4. The second-order valence-corrected chi connectivity index (χ2v) is 5.25. The summed E-state index contributed by atoms with van der Waals surface area (Å²) in [5.41, 5.74) is 2.63. The fourth-order valence-electron chi connectivity index (χ4n) is 2.36. The van der Waals surface area contributed by atoms with Gasteiger partial charge in [-0.2, -0.15) is 0 Å². The normalized spacial score (nSPS) is 12.3. The van der Waals surface area contributed by atoms with Gasteiger partial charge in [0.1, 0.15) is 5.69 Å². The third kappa shape index (κ3) is 3.48. The summed E-state index contributed by atoms with van der Waals surface area (Å²) in [5, 5.41) is 9.28. The highest BCUT2D eigenvalue weighted by Gasteiger charge is 2.23. The molecule has 20 heavy (non-hydrogen) atoms. The summed E-state index contributed by atoms with van der Waals surface area (Å²) in [6.07, 6.45) is 0.724. The lowest BCUT2D eigenvalue weighted by atomic mass is 10.0. The van der Waals surface area contributed by atoms with Crippen molar-refractivity contribution in [3.63, 3.8) is 0 Å². The number of aliphatic hydroxyl groups excluding tert-OH is 1. The van der Waals surface area contributed by atoms with E-state index >= 15 is 0 Å². The molecule has 0 saturated carbocycles. The third-order valence-electron chi connectivity index (χ3n) is 3.44. The van der Waals surface area contributed by atoms with Gasteiger partial charge in [0.25, 0.3) is 5.91 Å². The van der Waals surface area contributed by atoms with Crippen molar-refractivity contribution >= 4 is 11.7 Å². The highest BCUT2D eigenvalue weighted by Crippen LogP contribution is 2.21. The number of hydrogen-bond acceptors (Lipinski definition) is 3. The van der Waals surface area contributed by atoms with Crippen molar-refractivity contribution in [2.24, 2.45) is 0 Å². The summed E-state index contributed by atoms with van der Waals surface area (Å²) < 4.78 is 0. The number of Topliss-reactive ketones (excluding diaryl/α,β-unsaturated/α-hetero) is 1. The van der Waals surface area contributed by atoms with Crippen LogP contribution in [0.4, 0.5) is 0 Å². The van der Waals surface area contributed by atoms with Crippen LogP contribution in [0.25, 0.3) is 0 Å². The summed E-state index contributed by atoms with van der Waals surface area (Å²) in [6.45, 7) is 7.43. The number of aromatic nitrogens is 1. The molecular formula is C15H24N2O3. The van der Waals surface area contributed by atoms with Crippen molar-refractivity contribution in [1.82, 2.24) is 9.88 Å². The first kappa shape index (κ1) is 16.4. The minimum Gasteiger partial charge on any atom is -0.393 e. The van der Waals surface area contributed by atoms with Crippen LogP contribution < -0.4 is 0 Å². The summed E-state index contributed by atoms with van der Waals surface area (Å²) >= 11 is 0. The lowest BCUT2D eigenvalue weighted by Crippen LogP contribution is -2.30. The van der Waals surface area contributed by atoms with Gasteiger partial charge in [0.15, 0.2) is 5.78 Å². The number of amides is 1. The SMILES string of the molecule is CCc1c(C(=O)N(C)CCC(C)O)[nH]c(C)c1C(C)=O. The number of nitrogens with zero attached hydrogens (tertiary/aromatic N) is 1. The van der Waals surface area contributed by atoms with Crippen LogP contribution in [0.2, 0.25) is 0 Å². The van der Waals surface area contributed by atoms with Crippen LogP contribution in [0, 0.1) is 6.92 Å². The van der Waals surface area contributed by atoms with Gasteiger partial charge in [-0.15, -0.1) is 0 Å². The van der Waals surface area contributed by atoms with Crippen molar-refractivity contribution in [3.05, 3.63) is 22.5 Å². The second kappa shape index (κ2) is 6.70. The molecule has 1 unspecified atom stereocenters. The monoisotopic (exact) mass is 280 g/mol. The van der Waals surface area contributed by atoms with E-state index in [1.54, 1.807) is 18.9 Å². The molecule has 5 nitrogen and oxygen atoms in total. The van der Waals surface area contributed by atoms with Crippen LogP contribution in [0.5, 0.6) is 0 Å². The van der Waals surface area contributed by atoms with Gasteiger partial charge in [0.2, 0.25) is 0 Å². The van der Waals surface area contributed by atoms with Crippen molar-refractivity contribution in [2.45, 2.75) is 46.6 Å². The van der Waals surface area contributed by atoms with Gasteiger partial charge in [-0.1, -0.05) is 6.92 Å². The van der Waals surface area contributed by atoms with Crippen molar-refractivity contribution in [3.8, 4) is 0 Å². The molecule has 5 heteroatoms. The average molecular weight is 280 g/mol. The van der Waals surface area contributed by atoms with Crippen LogP contribution in [0.1, 0.15) is 59.3 Å². The Morgan fingerprint density at radius 1 is 1.40 bits per heavy atom. The first-order valence-electron chi connectivity index (χ1n) is 6.95. The maximum atomic E-state index is 12.4. The van der Waals surface area contributed by atoms with Crippen LogP contribution in [-0.2, 0) is 6.42 Å². The molecule has 0 fully saturated rings. The quantitative estimate of drug-likeness (QED) is 0.782. The Kier molecular flexibility index (Phi) is 5.51. The molecule has 0 aliphatic heterocycles. The predicted octanol–water partition coefficient (Wildman–Crippen LogP) is 1.93. The molecule has 0 aliphatic rings. The fourth-order valence-corrected chi connectivity index (χ4v) is 2.36. The Morgan fingerprint density at radius 2 is 2.00 bits per heavy atom. The van der Waals surface area contributed by atoms with E-state index in [0.717, 1.165) is 11.3 Å². The van der Waals surface area contributed by atoms with Crippen molar-refractivity contribution in [2.75, 3.05) is 13.6 Å². The zero-order valence-corrected chi connectivity index (χ0v) is 12.9. The van der Waals surface area contributed by atoms with E-state index in [4.69, 9.17) is 0 Å². The molecule has 1 heterocycles. The Hall–Kier alpha value is -1.62. The summed E-state index contributed by atoms with van der Waals surface area (Å²) in [6, 6.07) is 0. The molecule has 0 bridgehead atoms. The number of aryl methyl sites for hydroxylation is 1. The zero-order chi connectivity index (χ0) is 15.4. The number of hydrogen-bond donors (Lipinski definition) is 2. The van der Waals surface area contributed by atoms with Gasteiger partial charge in [-0.05, 0) is 39.2 Å². The first-order valence-corrected chi connectivity index (χ1v) is 6.95. The van der Waals surface area contributed by atoms with E-state index in [9.17, 15) is 14.7 Å².